The zero-order chi connectivity index (χ0) is 18.8. The van der Waals surface area contributed by atoms with Crippen LogP contribution in [0.4, 0.5) is 4.39 Å². The molecule has 1 aromatic heterocycles. The van der Waals surface area contributed by atoms with Gasteiger partial charge < -0.3 is 16.0 Å². The first-order valence-electron chi connectivity index (χ1n) is 8.44. The second-order valence-electron chi connectivity index (χ2n) is 5.69. The molecular formula is C18H25FIN5OS. The predicted octanol–water partition coefficient (Wildman–Crippen LogP) is 2.28. The molecule has 0 fully saturated rings. The molecule has 1 aromatic carbocycles. The molecule has 2 rings (SSSR count). The molecule has 2 aromatic rings. The van der Waals surface area contributed by atoms with Crippen LogP contribution in [0.15, 0.2) is 35.5 Å². The van der Waals surface area contributed by atoms with Crippen LogP contribution in [-0.4, -0.2) is 43.5 Å². The number of thiazole rings is 1. The van der Waals surface area contributed by atoms with Gasteiger partial charge in [0.2, 0.25) is 5.91 Å². The molecule has 0 aliphatic carbocycles. The van der Waals surface area contributed by atoms with E-state index in [4.69, 9.17) is 0 Å². The molecular weight excluding hydrogens is 480 g/mol. The second-order valence-corrected chi connectivity index (χ2v) is 7.01. The lowest BCUT2D eigenvalue weighted by molar-refractivity contribution is -0.120. The summed E-state index contributed by atoms with van der Waals surface area (Å²) in [7, 11) is 1.70. The number of aryl methyl sites for hydroxylation is 1. The van der Waals surface area contributed by atoms with E-state index in [1.807, 2.05) is 13.1 Å². The van der Waals surface area contributed by atoms with Crippen LogP contribution < -0.4 is 16.0 Å². The fourth-order valence-electron chi connectivity index (χ4n) is 2.26. The molecule has 3 N–H and O–H groups in total. The summed E-state index contributed by atoms with van der Waals surface area (Å²) in [6.45, 7) is 3.82. The lowest BCUT2D eigenvalue weighted by Crippen LogP contribution is -2.42. The highest BCUT2D eigenvalue weighted by molar-refractivity contribution is 14.0. The molecule has 0 unspecified atom stereocenters. The summed E-state index contributed by atoms with van der Waals surface area (Å²) in [6.07, 6.45) is 2.95. The average Bonchev–Trinajstić information content (AvgIpc) is 3.04. The van der Waals surface area contributed by atoms with Crippen molar-refractivity contribution in [3.8, 4) is 0 Å². The molecule has 0 saturated carbocycles. The Labute approximate surface area is 180 Å². The van der Waals surface area contributed by atoms with E-state index in [0.29, 0.717) is 19.0 Å². The molecule has 6 nitrogen and oxygen atoms in total. The van der Waals surface area contributed by atoms with Crippen LogP contribution in [0.25, 0.3) is 0 Å². The monoisotopic (exact) mass is 505 g/mol. The van der Waals surface area contributed by atoms with Gasteiger partial charge >= 0.3 is 0 Å². The van der Waals surface area contributed by atoms with Crippen molar-refractivity contribution in [1.82, 2.24) is 20.9 Å². The first kappa shape index (κ1) is 23.3. The summed E-state index contributed by atoms with van der Waals surface area (Å²) in [5, 5.41) is 10.3. The predicted molar refractivity (Wildman–Crippen MR) is 118 cm³/mol. The molecule has 0 radical (unpaired) electrons. The number of guanidine groups is 1. The minimum Gasteiger partial charge on any atom is -0.356 e. The van der Waals surface area contributed by atoms with Gasteiger partial charge in [-0.3, -0.25) is 9.79 Å². The second kappa shape index (κ2) is 12.6. The maximum atomic E-state index is 12.8. The number of nitrogens with zero attached hydrogens (tertiary/aromatic N) is 2. The van der Waals surface area contributed by atoms with Crippen molar-refractivity contribution in [2.45, 2.75) is 19.8 Å². The van der Waals surface area contributed by atoms with Gasteiger partial charge in [0.1, 0.15) is 5.82 Å². The van der Waals surface area contributed by atoms with Gasteiger partial charge in [0.05, 0.1) is 11.4 Å². The van der Waals surface area contributed by atoms with Gasteiger partial charge in [0, 0.05) is 44.2 Å². The van der Waals surface area contributed by atoms with Crippen LogP contribution in [0, 0.1) is 12.7 Å². The van der Waals surface area contributed by atoms with Gasteiger partial charge in [-0.1, -0.05) is 12.1 Å². The highest BCUT2D eigenvalue weighted by Gasteiger charge is 2.04. The van der Waals surface area contributed by atoms with Gasteiger partial charge in [-0.05, 0) is 24.6 Å². The Morgan fingerprint density at radius 2 is 1.81 bits per heavy atom. The third-order valence-corrected chi connectivity index (χ3v) is 4.51. The summed E-state index contributed by atoms with van der Waals surface area (Å²) >= 11 is 1.69. The number of rotatable bonds is 8. The largest absolute Gasteiger partial charge is 0.356 e. The number of hydrogen-bond acceptors (Lipinski definition) is 4. The van der Waals surface area contributed by atoms with E-state index in [0.717, 1.165) is 23.5 Å². The summed E-state index contributed by atoms with van der Waals surface area (Å²) in [5.41, 5.74) is 0.784. The van der Waals surface area contributed by atoms with E-state index < -0.39 is 0 Å². The summed E-state index contributed by atoms with van der Waals surface area (Å²) in [4.78, 5) is 21.5. The van der Waals surface area contributed by atoms with Gasteiger partial charge in [0.25, 0.3) is 0 Å². The van der Waals surface area contributed by atoms with Crippen molar-refractivity contribution in [1.29, 1.82) is 0 Å². The Balaban J connectivity index is 0.00000364. The Kier molecular flexibility index (Phi) is 10.9. The number of carbonyl (C=O) groups excluding carboxylic acids is 1. The minimum absolute atomic E-state index is 0. The molecule has 148 valence electrons. The van der Waals surface area contributed by atoms with Crippen LogP contribution in [0.1, 0.15) is 15.4 Å². The van der Waals surface area contributed by atoms with Crippen LogP contribution in [0.2, 0.25) is 0 Å². The van der Waals surface area contributed by atoms with Crippen molar-refractivity contribution >= 4 is 47.2 Å². The maximum absolute atomic E-state index is 12.8. The lowest BCUT2D eigenvalue weighted by Gasteiger charge is -2.12. The zero-order valence-corrected chi connectivity index (χ0v) is 18.6. The summed E-state index contributed by atoms with van der Waals surface area (Å²) in [6, 6.07) is 5.94. The first-order valence-corrected chi connectivity index (χ1v) is 9.25. The van der Waals surface area contributed by atoms with Crippen LogP contribution in [-0.2, 0) is 17.6 Å². The number of aromatic nitrogens is 1. The van der Waals surface area contributed by atoms with E-state index in [1.165, 1.54) is 17.0 Å². The quantitative estimate of drug-likeness (QED) is 0.223. The fourth-order valence-corrected chi connectivity index (χ4v) is 3.05. The lowest BCUT2D eigenvalue weighted by atomic mass is 10.1. The van der Waals surface area contributed by atoms with Crippen molar-refractivity contribution in [2.75, 3.05) is 26.7 Å². The number of carbonyl (C=O) groups is 1. The Bertz CT molecular complexity index is 736. The molecule has 0 saturated heterocycles. The number of nitrogens with one attached hydrogen (secondary N) is 3. The molecule has 0 spiro atoms. The third kappa shape index (κ3) is 9.14. The van der Waals surface area contributed by atoms with E-state index in [1.54, 1.807) is 30.5 Å². The number of amides is 1. The summed E-state index contributed by atoms with van der Waals surface area (Å²) in [5.74, 6) is 0.286. The molecule has 27 heavy (non-hydrogen) atoms. The first-order chi connectivity index (χ1) is 12.6. The van der Waals surface area contributed by atoms with Gasteiger partial charge in [-0.2, -0.15) is 0 Å². The van der Waals surface area contributed by atoms with Crippen molar-refractivity contribution in [3.05, 3.63) is 51.7 Å². The van der Waals surface area contributed by atoms with E-state index >= 15 is 0 Å². The van der Waals surface area contributed by atoms with Gasteiger partial charge in [0.15, 0.2) is 5.96 Å². The number of benzene rings is 1. The van der Waals surface area contributed by atoms with Gasteiger partial charge in [-0.25, -0.2) is 9.37 Å². The van der Waals surface area contributed by atoms with Gasteiger partial charge in [-0.15, -0.1) is 35.3 Å². The maximum Gasteiger partial charge on any atom is 0.224 e. The fraction of sp³-hybridized carbons (Fsp3) is 0.389. The van der Waals surface area contributed by atoms with Crippen LogP contribution >= 0.6 is 35.3 Å². The number of hydrogen-bond donors (Lipinski definition) is 3. The Morgan fingerprint density at radius 1 is 1.15 bits per heavy atom. The standard InChI is InChI=1S/C18H24FN5OS.HI/c1-13-12-24-17(26-13)7-8-22-18(20-2)23-10-9-21-16(25)11-14-3-5-15(19)6-4-14;/h3-6,12H,7-11H2,1-2H3,(H,21,25)(H2,20,22,23);1H. The number of aliphatic imine (C=N–C) groups is 1. The third-order valence-electron chi connectivity index (χ3n) is 3.54. The zero-order valence-electron chi connectivity index (χ0n) is 15.4. The topological polar surface area (TPSA) is 78.4 Å². The highest BCUT2D eigenvalue weighted by atomic mass is 127. The van der Waals surface area contributed by atoms with Crippen molar-refractivity contribution in [3.63, 3.8) is 0 Å². The van der Waals surface area contributed by atoms with E-state index in [-0.39, 0.29) is 42.1 Å². The smallest absolute Gasteiger partial charge is 0.224 e. The van der Waals surface area contributed by atoms with Crippen LogP contribution in [0.3, 0.4) is 0 Å². The van der Waals surface area contributed by atoms with Crippen molar-refractivity contribution < 1.29 is 9.18 Å². The van der Waals surface area contributed by atoms with Crippen LogP contribution in [0.5, 0.6) is 0 Å². The Hall–Kier alpha value is -1.75. The number of halogens is 2. The van der Waals surface area contributed by atoms with E-state index in [2.05, 4.69) is 25.9 Å². The normalized spacial score (nSPS) is 10.9. The SMILES string of the molecule is CN=C(NCCNC(=O)Cc1ccc(F)cc1)NCCc1ncc(C)s1.I. The Morgan fingerprint density at radius 3 is 2.44 bits per heavy atom. The molecule has 0 atom stereocenters. The molecule has 1 heterocycles. The molecule has 0 aliphatic rings. The molecule has 0 aliphatic heterocycles. The average molecular weight is 505 g/mol. The molecule has 1 amide bonds. The highest BCUT2D eigenvalue weighted by Crippen LogP contribution is 2.10. The minimum atomic E-state index is -0.303. The summed E-state index contributed by atoms with van der Waals surface area (Å²) < 4.78 is 12.8. The molecule has 9 heteroatoms. The van der Waals surface area contributed by atoms with E-state index in [9.17, 15) is 9.18 Å². The molecule has 0 bridgehead atoms. The van der Waals surface area contributed by atoms with Crippen molar-refractivity contribution in [2.24, 2.45) is 4.99 Å².